The van der Waals surface area contributed by atoms with Crippen LogP contribution >= 0.6 is 0 Å². The van der Waals surface area contributed by atoms with Crippen molar-refractivity contribution in [3.8, 4) is 0 Å². The molecule has 1 aliphatic carbocycles. The first-order valence-electron chi connectivity index (χ1n) is 8.84. The highest BCUT2D eigenvalue weighted by Gasteiger charge is 2.48. The van der Waals surface area contributed by atoms with Crippen LogP contribution < -0.4 is 0 Å². The monoisotopic (exact) mass is 327 g/mol. The maximum atomic E-state index is 10.5. The van der Waals surface area contributed by atoms with Gasteiger partial charge in [-0.1, -0.05) is 20.8 Å². The lowest BCUT2D eigenvalue weighted by atomic mass is 9.71. The molecular formula is C18H33NO4. The molecule has 0 aromatic carbocycles. The van der Waals surface area contributed by atoms with Crippen molar-refractivity contribution in [3.63, 3.8) is 0 Å². The maximum absolute atomic E-state index is 10.5. The lowest BCUT2D eigenvalue weighted by molar-refractivity contribution is -0.213. The van der Waals surface area contributed by atoms with E-state index < -0.39 is 18.1 Å². The van der Waals surface area contributed by atoms with Crippen molar-refractivity contribution in [1.82, 2.24) is 4.90 Å². The van der Waals surface area contributed by atoms with E-state index in [1.54, 1.807) is 13.0 Å². The molecule has 0 aromatic rings. The largest absolute Gasteiger partial charge is 0.495 e. The van der Waals surface area contributed by atoms with Gasteiger partial charge in [0.25, 0.3) is 0 Å². The molecule has 1 spiro atoms. The molecule has 0 radical (unpaired) electrons. The number of hydrogen-bond acceptors (Lipinski definition) is 5. The molecule has 0 aromatic heterocycles. The summed E-state index contributed by atoms with van der Waals surface area (Å²) in [4.78, 5) is 1.54. The number of rotatable bonds is 4. The third kappa shape index (κ3) is 4.01. The quantitative estimate of drug-likeness (QED) is 0.612. The van der Waals surface area contributed by atoms with E-state index in [0.29, 0.717) is 24.5 Å². The molecule has 2 fully saturated rings. The number of nitrogens with zero attached hydrogens (tertiary/aromatic N) is 1. The molecule has 2 rings (SSSR count). The summed E-state index contributed by atoms with van der Waals surface area (Å²) < 4.78 is 12.1. The Kier molecular flexibility index (Phi) is 5.64. The van der Waals surface area contributed by atoms with Gasteiger partial charge in [0.15, 0.2) is 17.9 Å². The van der Waals surface area contributed by atoms with E-state index in [9.17, 15) is 10.2 Å². The van der Waals surface area contributed by atoms with Crippen LogP contribution in [-0.2, 0) is 9.47 Å². The van der Waals surface area contributed by atoms with Crippen LogP contribution in [0.5, 0.6) is 0 Å². The molecule has 134 valence electrons. The van der Waals surface area contributed by atoms with E-state index in [1.165, 1.54) is 4.90 Å². The first-order chi connectivity index (χ1) is 10.7. The minimum absolute atomic E-state index is 0.0704. The summed E-state index contributed by atoms with van der Waals surface area (Å²) in [6, 6.07) is 0. The van der Waals surface area contributed by atoms with Gasteiger partial charge in [0, 0.05) is 19.4 Å². The summed E-state index contributed by atoms with van der Waals surface area (Å²) in [5, 5.41) is 20.4. The average Bonchev–Trinajstić information content (AvgIpc) is 2.91. The van der Waals surface area contributed by atoms with Crippen LogP contribution in [-0.4, -0.2) is 46.4 Å². The van der Waals surface area contributed by atoms with E-state index in [4.69, 9.17) is 9.47 Å². The van der Waals surface area contributed by atoms with Gasteiger partial charge in [-0.15, -0.1) is 0 Å². The van der Waals surface area contributed by atoms with Crippen LogP contribution in [0.2, 0.25) is 0 Å². The summed E-state index contributed by atoms with van der Waals surface area (Å²) in [7, 11) is 0. The predicted molar refractivity (Wildman–Crippen MR) is 89.7 cm³/mol. The second kappa shape index (κ2) is 6.99. The number of ether oxygens (including phenoxy) is 2. The van der Waals surface area contributed by atoms with Gasteiger partial charge in [0.2, 0.25) is 0 Å². The first-order valence-corrected chi connectivity index (χ1v) is 8.84. The SMILES string of the molecule is C/C=C(\O)N(CC)C(O)C1COC2(CCC(C(C)(C)C)CC2)O1. The Morgan fingerprint density at radius 1 is 1.35 bits per heavy atom. The minimum Gasteiger partial charge on any atom is -0.495 e. The van der Waals surface area contributed by atoms with Crippen molar-refractivity contribution in [2.45, 2.75) is 78.4 Å². The number of allylic oxidation sites excluding steroid dienone is 1. The van der Waals surface area contributed by atoms with Crippen LogP contribution in [0.15, 0.2) is 12.0 Å². The van der Waals surface area contributed by atoms with Gasteiger partial charge in [-0.3, -0.25) is 0 Å². The molecule has 23 heavy (non-hydrogen) atoms. The maximum Gasteiger partial charge on any atom is 0.184 e. The Bertz CT molecular complexity index is 421. The summed E-state index contributed by atoms with van der Waals surface area (Å²) in [5.41, 5.74) is 0.315. The molecule has 2 aliphatic rings. The van der Waals surface area contributed by atoms with Gasteiger partial charge in [-0.2, -0.15) is 0 Å². The predicted octanol–water partition coefficient (Wildman–Crippen LogP) is 3.39. The van der Waals surface area contributed by atoms with Gasteiger partial charge < -0.3 is 24.6 Å². The van der Waals surface area contributed by atoms with Gasteiger partial charge in [0.05, 0.1) is 6.61 Å². The molecular weight excluding hydrogens is 294 g/mol. The van der Waals surface area contributed by atoms with E-state index in [2.05, 4.69) is 20.8 Å². The lowest BCUT2D eigenvalue weighted by Crippen LogP contribution is -2.46. The highest BCUT2D eigenvalue weighted by atomic mass is 16.7. The van der Waals surface area contributed by atoms with E-state index in [-0.39, 0.29) is 5.88 Å². The summed E-state index contributed by atoms with van der Waals surface area (Å²) in [6.07, 6.45) is 4.18. The van der Waals surface area contributed by atoms with Crippen LogP contribution in [0.1, 0.15) is 60.3 Å². The van der Waals surface area contributed by atoms with E-state index in [0.717, 1.165) is 25.7 Å². The van der Waals surface area contributed by atoms with Crippen LogP contribution in [0.3, 0.4) is 0 Å². The van der Waals surface area contributed by atoms with Crippen molar-refractivity contribution in [1.29, 1.82) is 0 Å². The van der Waals surface area contributed by atoms with Gasteiger partial charge >= 0.3 is 0 Å². The zero-order valence-electron chi connectivity index (χ0n) is 15.2. The Morgan fingerprint density at radius 2 is 1.96 bits per heavy atom. The standard InChI is InChI=1S/C18H33NO4/c1-6-15(20)19(7-2)16(21)14-12-22-18(23-14)10-8-13(9-11-18)17(3,4)5/h6,13-14,16,20-21H,7-12H2,1-5H3/b15-6-. The van der Waals surface area contributed by atoms with E-state index >= 15 is 0 Å². The topological polar surface area (TPSA) is 62.2 Å². The Morgan fingerprint density at radius 3 is 2.43 bits per heavy atom. The Labute approximate surface area is 140 Å². The first kappa shape index (κ1) is 18.6. The molecule has 5 heteroatoms. The zero-order valence-corrected chi connectivity index (χ0v) is 15.2. The van der Waals surface area contributed by atoms with Crippen molar-refractivity contribution in [2.75, 3.05) is 13.2 Å². The molecule has 2 N–H and O–H groups in total. The van der Waals surface area contributed by atoms with Crippen LogP contribution in [0.4, 0.5) is 0 Å². The number of aliphatic hydroxyl groups excluding tert-OH is 2. The minimum atomic E-state index is -0.893. The second-order valence-corrected chi connectivity index (χ2v) is 7.86. The Hall–Kier alpha value is -0.780. The molecule has 2 atom stereocenters. The van der Waals surface area contributed by atoms with Gasteiger partial charge in [-0.05, 0) is 44.1 Å². The molecule has 1 saturated heterocycles. The van der Waals surface area contributed by atoms with Gasteiger partial charge in [-0.25, -0.2) is 0 Å². The molecule has 2 unspecified atom stereocenters. The number of likely N-dealkylation sites (N-methyl/N-ethyl adjacent to an activating group) is 1. The lowest BCUT2D eigenvalue weighted by Gasteiger charge is -2.41. The second-order valence-electron chi connectivity index (χ2n) is 7.86. The van der Waals surface area contributed by atoms with Crippen LogP contribution in [0.25, 0.3) is 0 Å². The van der Waals surface area contributed by atoms with Crippen molar-refractivity contribution >= 4 is 0 Å². The fourth-order valence-electron chi connectivity index (χ4n) is 3.76. The van der Waals surface area contributed by atoms with Crippen molar-refractivity contribution < 1.29 is 19.7 Å². The molecule has 0 amide bonds. The van der Waals surface area contributed by atoms with Crippen molar-refractivity contribution in [2.24, 2.45) is 11.3 Å². The smallest absolute Gasteiger partial charge is 0.184 e. The molecule has 0 bridgehead atoms. The Balaban J connectivity index is 1.96. The summed E-state index contributed by atoms with van der Waals surface area (Å²) in [5.74, 6) is 0.211. The third-order valence-electron chi connectivity index (χ3n) is 5.39. The fraction of sp³-hybridized carbons (Fsp3) is 0.889. The average molecular weight is 327 g/mol. The third-order valence-corrected chi connectivity index (χ3v) is 5.39. The summed E-state index contributed by atoms with van der Waals surface area (Å²) >= 11 is 0. The summed E-state index contributed by atoms with van der Waals surface area (Å²) in [6.45, 7) is 11.4. The zero-order chi connectivity index (χ0) is 17.3. The fourth-order valence-corrected chi connectivity index (χ4v) is 3.76. The van der Waals surface area contributed by atoms with Gasteiger partial charge in [0.1, 0.15) is 6.10 Å². The normalized spacial score (nSPS) is 33.9. The highest BCUT2D eigenvalue weighted by Crippen LogP contribution is 2.46. The molecule has 5 nitrogen and oxygen atoms in total. The molecule has 1 aliphatic heterocycles. The van der Waals surface area contributed by atoms with Crippen molar-refractivity contribution in [3.05, 3.63) is 12.0 Å². The molecule has 1 heterocycles. The number of hydrogen-bond donors (Lipinski definition) is 2. The number of aliphatic hydroxyl groups is 2. The van der Waals surface area contributed by atoms with Crippen LogP contribution in [0, 0.1) is 11.3 Å². The van der Waals surface area contributed by atoms with E-state index in [1.807, 2.05) is 6.92 Å². The highest BCUT2D eigenvalue weighted by molar-refractivity contribution is 4.94. The molecule has 1 saturated carbocycles.